The minimum atomic E-state index is -1.87. The van der Waals surface area contributed by atoms with Crippen LogP contribution in [-0.4, -0.2) is 181 Å². The smallest absolute Gasteiger partial charge is 0.310 e. The third-order valence-electron chi connectivity index (χ3n) is 19.1. The number of carboxylic acids is 1. The Morgan fingerprint density at radius 3 is 1.97 bits per heavy atom. The molecule has 0 aromatic carbocycles. The molecule has 0 amide bonds. The van der Waals surface area contributed by atoms with E-state index in [1.165, 1.54) is 5.57 Å². The van der Waals surface area contributed by atoms with E-state index in [-0.39, 0.29) is 52.6 Å². The number of carbonyl (C=O) groups is 1. The maximum atomic E-state index is 13.1. The minimum absolute atomic E-state index is 0.00400. The third-order valence-corrected chi connectivity index (χ3v) is 19.1. The molecule has 3 heterocycles. The zero-order chi connectivity index (χ0) is 47.4. The summed E-state index contributed by atoms with van der Waals surface area (Å²) in [6.07, 6.45) is -12.8. The summed E-state index contributed by atoms with van der Waals surface area (Å²) in [5.74, 6) is -0.341. The number of hydrogen-bond donors (Lipinski definition) is 11. The number of fused-ring (bicyclic) bond motifs is 7. The largest absolute Gasteiger partial charge is 0.481 e. The molecule has 0 bridgehead atoms. The van der Waals surface area contributed by atoms with Crippen molar-refractivity contribution in [2.75, 3.05) is 26.4 Å². The summed E-state index contributed by atoms with van der Waals surface area (Å²) < 4.78 is 35.1. The molecule has 5 aliphatic carbocycles. The molecular weight excluding hydrogens is 852 g/mol. The Morgan fingerprint density at radius 1 is 0.677 bits per heavy atom. The lowest BCUT2D eigenvalue weighted by Crippen LogP contribution is -2.67. The number of rotatable bonds is 10. The van der Waals surface area contributed by atoms with Gasteiger partial charge in [-0.15, -0.1) is 0 Å². The molecule has 1 unspecified atom stereocenters. The number of hydrogen-bond acceptors (Lipinski definition) is 17. The zero-order valence-corrected chi connectivity index (χ0v) is 38.6. The summed E-state index contributed by atoms with van der Waals surface area (Å²) in [5.41, 5.74) is -0.508. The van der Waals surface area contributed by atoms with Crippen LogP contribution in [0.1, 0.15) is 106 Å². The Kier molecular flexibility index (Phi) is 13.7. The quantitative estimate of drug-likeness (QED) is 0.104. The van der Waals surface area contributed by atoms with Crippen LogP contribution in [-0.2, 0) is 33.2 Å². The molecule has 18 heteroatoms. The lowest BCUT2D eigenvalue weighted by Gasteiger charge is -2.71. The van der Waals surface area contributed by atoms with E-state index in [1.54, 1.807) is 0 Å². The summed E-state index contributed by atoms with van der Waals surface area (Å²) in [7, 11) is 0. The molecule has 23 atom stereocenters. The van der Waals surface area contributed by atoms with Crippen LogP contribution in [0.4, 0.5) is 0 Å². The van der Waals surface area contributed by atoms with Crippen molar-refractivity contribution in [1.29, 1.82) is 0 Å². The van der Waals surface area contributed by atoms with Gasteiger partial charge in [0, 0.05) is 5.41 Å². The topological polar surface area (TPSA) is 295 Å². The molecule has 8 aliphatic rings. The molecule has 0 aromatic rings. The van der Waals surface area contributed by atoms with E-state index < -0.39 is 122 Å². The summed E-state index contributed by atoms with van der Waals surface area (Å²) in [4.78, 5) is 13.1. The number of aliphatic hydroxyl groups is 10. The van der Waals surface area contributed by atoms with E-state index in [9.17, 15) is 61.0 Å². The molecule has 7 fully saturated rings. The second-order valence-electron chi connectivity index (χ2n) is 22.9. The average molecular weight is 929 g/mol. The van der Waals surface area contributed by atoms with Crippen molar-refractivity contribution in [2.24, 2.45) is 50.2 Å². The van der Waals surface area contributed by atoms with E-state index in [2.05, 4.69) is 40.7 Å². The number of aliphatic carboxylic acids is 1. The molecule has 11 N–H and O–H groups in total. The standard InChI is InChI=1S/C47H76O18/c1-42(2)13-15-47(41(58)59)16-14-45(5)22(23(47)17-42)7-8-28-43(3)11-10-29(44(4,21-50)27(43)9-12-46(28,45)6)64-38-34(55)31(52)26(20-60-38)63-39-36(57)33(54)37(25(19-49)62-39)65-40-35(56)32(53)30(51)24(18-48)61-40/h7,23-40,48-57H,8-21H2,1-6H3,(H,58,59)/t23-,24+,25+,26-,27+,28+,29?,30+,31-,32-,33+,34+,35+,36+,37+,38-,39-,40-,43-,44-,45+,46+,47-/m0/s1. The second-order valence-corrected chi connectivity index (χ2v) is 22.9. The number of ether oxygens (including phenoxy) is 6. The molecule has 18 nitrogen and oxygen atoms in total. The molecular formula is C47H76O18. The fourth-order valence-corrected chi connectivity index (χ4v) is 14.9. The lowest BCUT2D eigenvalue weighted by atomic mass is 9.33. The second kappa shape index (κ2) is 17.8. The SMILES string of the molecule is CC1(C)CC[C@]2(C(=O)O)CC[C@]3(C)C(=CC[C@@H]4[C@@]5(C)CCC(O[C@@H]6OC[C@H](O[C@@H]7O[C@H](CO)[C@@H](O[C@@H]8O[C@H](CO)[C@@H](O)[C@H](O)[C@H]8O)[C@H](O)[C@H]7O)[C@H](O)[C@H]6O)[C@@](C)(CO)[C@@H]5CC[C@]43C)[C@@H]2C1. The minimum Gasteiger partial charge on any atom is -0.481 e. The average Bonchev–Trinajstić information content (AvgIpc) is 3.26. The predicted molar refractivity (Wildman–Crippen MR) is 226 cm³/mol. The van der Waals surface area contributed by atoms with Gasteiger partial charge in [0.25, 0.3) is 0 Å². The van der Waals surface area contributed by atoms with Crippen LogP contribution in [0, 0.1) is 50.2 Å². The number of allylic oxidation sites excluding steroid dienone is 2. The van der Waals surface area contributed by atoms with E-state index in [1.807, 2.05) is 6.92 Å². The first-order valence-electron chi connectivity index (χ1n) is 23.9. The lowest BCUT2D eigenvalue weighted by molar-refractivity contribution is -0.375. The van der Waals surface area contributed by atoms with Crippen LogP contribution in [0.25, 0.3) is 0 Å². The van der Waals surface area contributed by atoms with Crippen LogP contribution in [0.3, 0.4) is 0 Å². The van der Waals surface area contributed by atoms with Gasteiger partial charge in [0.1, 0.15) is 67.1 Å². The van der Waals surface area contributed by atoms with Gasteiger partial charge in [-0.2, -0.15) is 0 Å². The maximum Gasteiger partial charge on any atom is 0.310 e. The Labute approximate surface area is 380 Å². The first-order chi connectivity index (χ1) is 30.5. The van der Waals surface area contributed by atoms with Crippen molar-refractivity contribution in [3.63, 3.8) is 0 Å². The highest BCUT2D eigenvalue weighted by molar-refractivity contribution is 5.76. The van der Waals surface area contributed by atoms with Crippen LogP contribution in [0.2, 0.25) is 0 Å². The van der Waals surface area contributed by atoms with Gasteiger partial charge in [0.15, 0.2) is 18.9 Å². The highest BCUT2D eigenvalue weighted by Gasteiger charge is 2.70. The van der Waals surface area contributed by atoms with Gasteiger partial charge in [-0.1, -0.05) is 53.2 Å². The third kappa shape index (κ3) is 7.80. The molecule has 3 aliphatic heterocycles. The highest BCUT2D eigenvalue weighted by Crippen LogP contribution is 2.76. The molecule has 65 heavy (non-hydrogen) atoms. The summed E-state index contributed by atoms with van der Waals surface area (Å²) >= 11 is 0. The maximum absolute atomic E-state index is 13.1. The van der Waals surface area contributed by atoms with E-state index in [4.69, 9.17) is 28.4 Å². The van der Waals surface area contributed by atoms with Gasteiger partial charge in [-0.25, -0.2) is 0 Å². The fourth-order valence-electron chi connectivity index (χ4n) is 14.9. The van der Waals surface area contributed by atoms with E-state index in [0.717, 1.165) is 44.9 Å². The monoisotopic (exact) mass is 929 g/mol. The van der Waals surface area contributed by atoms with Crippen molar-refractivity contribution < 1.29 is 89.4 Å². The summed E-state index contributed by atoms with van der Waals surface area (Å²) in [6, 6.07) is 0. The predicted octanol–water partition coefficient (Wildman–Crippen LogP) is 0.318. The Hall–Kier alpha value is -1.43. The molecule has 8 rings (SSSR count). The first kappa shape index (κ1) is 50.0. The molecule has 3 saturated heterocycles. The van der Waals surface area contributed by atoms with E-state index >= 15 is 0 Å². The molecule has 0 spiro atoms. The van der Waals surface area contributed by atoms with Crippen molar-refractivity contribution in [3.05, 3.63) is 11.6 Å². The fraction of sp³-hybridized carbons (Fsp3) is 0.936. The normalized spacial score (nSPS) is 54.3. The van der Waals surface area contributed by atoms with Crippen LogP contribution in [0.15, 0.2) is 11.6 Å². The molecule has 0 aromatic heterocycles. The van der Waals surface area contributed by atoms with Gasteiger partial charge < -0.3 is 84.6 Å². The Bertz CT molecular complexity index is 1760. The van der Waals surface area contributed by atoms with Crippen LogP contribution in [0.5, 0.6) is 0 Å². The Balaban J connectivity index is 0.927. The molecule has 0 radical (unpaired) electrons. The van der Waals surface area contributed by atoms with Gasteiger partial charge >= 0.3 is 5.97 Å². The summed E-state index contributed by atoms with van der Waals surface area (Å²) in [6.45, 7) is 11.8. The molecule has 372 valence electrons. The Morgan fingerprint density at radius 2 is 1.31 bits per heavy atom. The van der Waals surface area contributed by atoms with Gasteiger partial charge in [0.2, 0.25) is 0 Å². The van der Waals surface area contributed by atoms with E-state index in [0.29, 0.717) is 19.3 Å². The van der Waals surface area contributed by atoms with Crippen molar-refractivity contribution >= 4 is 5.97 Å². The van der Waals surface area contributed by atoms with Gasteiger partial charge in [-0.3, -0.25) is 4.79 Å². The summed E-state index contributed by atoms with van der Waals surface area (Å²) in [5, 5.41) is 117. The van der Waals surface area contributed by atoms with Gasteiger partial charge in [-0.05, 0) is 104 Å². The first-order valence-corrected chi connectivity index (χ1v) is 23.9. The number of aliphatic hydroxyl groups excluding tert-OH is 10. The number of carboxylic acid groups (broad SMARTS) is 1. The van der Waals surface area contributed by atoms with Crippen molar-refractivity contribution in [3.8, 4) is 0 Å². The zero-order valence-electron chi connectivity index (χ0n) is 38.6. The molecule has 4 saturated carbocycles. The van der Waals surface area contributed by atoms with Crippen LogP contribution < -0.4 is 0 Å². The van der Waals surface area contributed by atoms with Crippen molar-refractivity contribution in [2.45, 2.75) is 198 Å². The highest BCUT2D eigenvalue weighted by atomic mass is 16.8. The van der Waals surface area contributed by atoms with Gasteiger partial charge in [0.05, 0.1) is 37.9 Å². The van der Waals surface area contributed by atoms with Crippen LogP contribution >= 0.6 is 0 Å². The van der Waals surface area contributed by atoms with Crippen molar-refractivity contribution in [1.82, 2.24) is 0 Å².